The Kier molecular flexibility index (Phi) is 5.17. The van der Waals surface area contributed by atoms with Gasteiger partial charge in [-0.1, -0.05) is 23.4 Å². The van der Waals surface area contributed by atoms with Crippen LogP contribution in [0.25, 0.3) is 28.1 Å². The van der Waals surface area contributed by atoms with E-state index in [1.54, 1.807) is 27.9 Å². The van der Waals surface area contributed by atoms with Crippen molar-refractivity contribution in [2.24, 2.45) is 0 Å². The van der Waals surface area contributed by atoms with E-state index in [2.05, 4.69) is 26.9 Å². The van der Waals surface area contributed by atoms with E-state index in [0.29, 0.717) is 46.2 Å². The van der Waals surface area contributed by atoms with Gasteiger partial charge in [0, 0.05) is 24.2 Å². The number of halogens is 1. The summed E-state index contributed by atoms with van der Waals surface area (Å²) in [4.78, 5) is 22.4. The lowest BCUT2D eigenvalue weighted by Gasteiger charge is -2.32. The Morgan fingerprint density at radius 1 is 1.33 bits per heavy atom. The molecule has 1 saturated heterocycles. The van der Waals surface area contributed by atoms with E-state index in [0.717, 1.165) is 12.8 Å². The van der Waals surface area contributed by atoms with Gasteiger partial charge in [0.05, 0.1) is 17.6 Å². The standard InChI is InChI=1S/C21H20ClN9O2/c1-2-17(33)29-7-3-4-13(9-29)31-21-18(20(23)24-11-25-21)19(27-31)14-10-30(28-26-14)15-6-5-12(22)8-16(15)32/h2,5-6,8,10-11,13,32H,1,3-4,7,9H2,(H2,23,24,25)/t13-/m1/s1. The Labute approximate surface area is 193 Å². The summed E-state index contributed by atoms with van der Waals surface area (Å²) >= 11 is 5.93. The van der Waals surface area contributed by atoms with Crippen LogP contribution < -0.4 is 5.73 Å². The summed E-state index contributed by atoms with van der Waals surface area (Å²) in [5.41, 5.74) is 8.07. The summed E-state index contributed by atoms with van der Waals surface area (Å²) in [5.74, 6) is 0.114. The molecule has 1 atom stereocenters. The predicted octanol–water partition coefficient (Wildman–Crippen LogP) is 2.36. The van der Waals surface area contributed by atoms with Crippen LogP contribution >= 0.6 is 11.6 Å². The highest BCUT2D eigenvalue weighted by molar-refractivity contribution is 6.30. The molecule has 4 heterocycles. The maximum atomic E-state index is 12.2. The van der Waals surface area contributed by atoms with Crippen LogP contribution in [0.2, 0.25) is 5.02 Å². The number of carbonyl (C=O) groups is 1. The predicted molar refractivity (Wildman–Crippen MR) is 122 cm³/mol. The Bertz CT molecular complexity index is 1380. The molecular formula is C21H20ClN9O2. The smallest absolute Gasteiger partial charge is 0.246 e. The molecule has 1 amide bonds. The first kappa shape index (κ1) is 20.9. The molecule has 33 heavy (non-hydrogen) atoms. The average molecular weight is 466 g/mol. The van der Waals surface area contributed by atoms with Crippen LogP contribution in [0.3, 0.4) is 0 Å². The fourth-order valence-electron chi connectivity index (χ4n) is 4.09. The minimum Gasteiger partial charge on any atom is -0.506 e. The normalized spacial score (nSPS) is 16.3. The fourth-order valence-corrected chi connectivity index (χ4v) is 4.26. The summed E-state index contributed by atoms with van der Waals surface area (Å²) < 4.78 is 3.21. The number of carbonyl (C=O) groups excluding carboxylic acids is 1. The van der Waals surface area contributed by atoms with Crippen LogP contribution in [0, 0.1) is 0 Å². The van der Waals surface area contributed by atoms with Gasteiger partial charge in [0.15, 0.2) is 5.65 Å². The summed E-state index contributed by atoms with van der Waals surface area (Å²) in [6, 6.07) is 4.61. The van der Waals surface area contributed by atoms with E-state index in [9.17, 15) is 9.90 Å². The number of nitrogens with two attached hydrogens (primary N) is 1. The number of amides is 1. The van der Waals surface area contributed by atoms with E-state index in [1.807, 2.05) is 0 Å². The van der Waals surface area contributed by atoms with Crippen molar-refractivity contribution in [1.29, 1.82) is 0 Å². The van der Waals surface area contributed by atoms with Crippen molar-refractivity contribution in [3.63, 3.8) is 0 Å². The van der Waals surface area contributed by atoms with E-state index in [-0.39, 0.29) is 23.5 Å². The van der Waals surface area contributed by atoms with Gasteiger partial charge in [-0.2, -0.15) is 5.10 Å². The molecule has 0 bridgehead atoms. The van der Waals surface area contributed by atoms with Crippen molar-refractivity contribution in [2.45, 2.75) is 18.9 Å². The third kappa shape index (κ3) is 3.65. The number of aromatic hydroxyl groups is 1. The summed E-state index contributed by atoms with van der Waals surface area (Å²) in [7, 11) is 0. The summed E-state index contributed by atoms with van der Waals surface area (Å²) in [6.07, 6.45) is 5.99. The van der Waals surface area contributed by atoms with Gasteiger partial charge >= 0.3 is 0 Å². The molecule has 0 saturated carbocycles. The molecule has 0 unspecified atom stereocenters. The van der Waals surface area contributed by atoms with E-state index in [1.165, 1.54) is 23.2 Å². The van der Waals surface area contributed by atoms with E-state index >= 15 is 0 Å². The number of fused-ring (bicyclic) bond motifs is 1. The summed E-state index contributed by atoms with van der Waals surface area (Å²) in [5, 5.41) is 24.3. The first-order valence-corrected chi connectivity index (χ1v) is 10.7. The number of phenols is 1. The molecule has 0 radical (unpaired) electrons. The number of phenolic OH excluding ortho intramolecular Hbond substituents is 1. The Morgan fingerprint density at radius 3 is 2.97 bits per heavy atom. The van der Waals surface area contributed by atoms with Gasteiger partial charge in [-0.05, 0) is 31.1 Å². The number of anilines is 1. The molecule has 168 valence electrons. The second kappa shape index (κ2) is 8.17. The lowest BCUT2D eigenvalue weighted by Crippen LogP contribution is -2.40. The van der Waals surface area contributed by atoms with Crippen molar-refractivity contribution in [3.05, 3.63) is 48.4 Å². The molecule has 11 nitrogen and oxygen atoms in total. The SMILES string of the molecule is C=CC(=O)N1CCC[C@@H](n2nc(-c3cn(-c4ccc(Cl)cc4O)nn3)c3c(N)ncnc32)C1. The lowest BCUT2D eigenvalue weighted by atomic mass is 10.1. The number of benzene rings is 1. The van der Waals surface area contributed by atoms with Gasteiger partial charge in [0.1, 0.15) is 35.0 Å². The second-order valence-corrected chi connectivity index (χ2v) is 8.15. The van der Waals surface area contributed by atoms with Gasteiger partial charge in [0.25, 0.3) is 0 Å². The molecule has 5 rings (SSSR count). The topological polar surface area (TPSA) is 141 Å². The fraction of sp³-hybridized carbons (Fsp3) is 0.238. The number of nitrogens with zero attached hydrogens (tertiary/aromatic N) is 8. The third-order valence-electron chi connectivity index (χ3n) is 5.67. The molecule has 1 aliphatic rings. The number of aromatic nitrogens is 7. The molecule has 3 N–H and O–H groups in total. The van der Waals surface area contributed by atoms with Crippen LogP contribution in [0.15, 0.2) is 43.4 Å². The maximum absolute atomic E-state index is 12.2. The minimum absolute atomic E-state index is 0.0358. The lowest BCUT2D eigenvalue weighted by molar-refractivity contribution is -0.127. The monoisotopic (exact) mass is 465 g/mol. The first-order chi connectivity index (χ1) is 16.0. The van der Waals surface area contributed by atoms with Gasteiger partial charge in [-0.15, -0.1) is 5.10 Å². The third-order valence-corrected chi connectivity index (χ3v) is 5.90. The highest BCUT2D eigenvalue weighted by atomic mass is 35.5. The van der Waals surface area contributed by atoms with Crippen LogP contribution in [0.5, 0.6) is 5.75 Å². The molecule has 1 aromatic carbocycles. The quantitative estimate of drug-likeness (QED) is 0.437. The number of likely N-dealkylation sites (tertiary alicyclic amines) is 1. The molecule has 12 heteroatoms. The molecular weight excluding hydrogens is 446 g/mol. The van der Waals surface area contributed by atoms with Crippen LogP contribution in [0.1, 0.15) is 18.9 Å². The molecule has 3 aromatic heterocycles. The Balaban J connectivity index is 1.58. The first-order valence-electron chi connectivity index (χ1n) is 10.3. The number of hydrogen-bond acceptors (Lipinski definition) is 8. The number of rotatable bonds is 4. The zero-order chi connectivity index (χ0) is 23.1. The van der Waals surface area contributed by atoms with Gasteiger partial charge in [-0.3, -0.25) is 4.79 Å². The van der Waals surface area contributed by atoms with Crippen LogP contribution in [0.4, 0.5) is 5.82 Å². The van der Waals surface area contributed by atoms with Crippen molar-refractivity contribution in [1.82, 2.24) is 39.6 Å². The maximum Gasteiger partial charge on any atom is 0.246 e. The molecule has 4 aromatic rings. The summed E-state index contributed by atoms with van der Waals surface area (Å²) in [6.45, 7) is 4.74. The Morgan fingerprint density at radius 2 is 2.18 bits per heavy atom. The average Bonchev–Trinajstić information content (AvgIpc) is 3.44. The molecule has 0 aliphatic carbocycles. The zero-order valence-electron chi connectivity index (χ0n) is 17.5. The van der Waals surface area contributed by atoms with Crippen LogP contribution in [-0.4, -0.2) is 63.7 Å². The second-order valence-electron chi connectivity index (χ2n) is 7.72. The molecule has 0 spiro atoms. The van der Waals surface area contributed by atoms with Crippen molar-refractivity contribution >= 4 is 34.4 Å². The minimum atomic E-state index is -0.115. The highest BCUT2D eigenvalue weighted by Crippen LogP contribution is 2.33. The van der Waals surface area contributed by atoms with Gasteiger partial charge in [0.2, 0.25) is 5.91 Å². The van der Waals surface area contributed by atoms with E-state index in [4.69, 9.17) is 22.4 Å². The van der Waals surface area contributed by atoms with Gasteiger partial charge < -0.3 is 15.7 Å². The van der Waals surface area contributed by atoms with E-state index < -0.39 is 0 Å². The van der Waals surface area contributed by atoms with Crippen molar-refractivity contribution in [3.8, 4) is 22.8 Å². The van der Waals surface area contributed by atoms with Crippen LogP contribution in [-0.2, 0) is 4.79 Å². The number of nitrogen functional groups attached to an aromatic ring is 1. The number of hydrogen-bond donors (Lipinski definition) is 2. The number of piperidine rings is 1. The zero-order valence-corrected chi connectivity index (χ0v) is 18.2. The Hall–Kier alpha value is -3.99. The van der Waals surface area contributed by atoms with Crippen molar-refractivity contribution < 1.29 is 9.90 Å². The highest BCUT2D eigenvalue weighted by Gasteiger charge is 2.28. The van der Waals surface area contributed by atoms with Crippen molar-refractivity contribution in [2.75, 3.05) is 18.8 Å². The van der Waals surface area contributed by atoms with Gasteiger partial charge in [-0.25, -0.2) is 19.3 Å². The molecule has 1 aliphatic heterocycles. The molecule has 1 fully saturated rings. The largest absolute Gasteiger partial charge is 0.506 e.